The van der Waals surface area contributed by atoms with Crippen molar-refractivity contribution in [3.63, 3.8) is 0 Å². The van der Waals surface area contributed by atoms with Crippen LogP contribution in [0.15, 0.2) is 0 Å². The molecule has 2 rings (SSSR count). The van der Waals surface area contributed by atoms with Crippen molar-refractivity contribution in [1.29, 1.82) is 0 Å². The van der Waals surface area contributed by atoms with Gasteiger partial charge in [0.25, 0.3) is 0 Å². The Kier molecular flexibility index (Phi) is 3.22. The van der Waals surface area contributed by atoms with Crippen molar-refractivity contribution in [3.05, 3.63) is 0 Å². The fraction of sp³-hybridized carbons (Fsp3) is 1.00. The molecule has 0 aromatic rings. The first kappa shape index (κ1) is 10.9. The zero-order chi connectivity index (χ0) is 10.2. The van der Waals surface area contributed by atoms with Crippen molar-refractivity contribution in [1.82, 2.24) is 0 Å². The van der Waals surface area contributed by atoms with Crippen molar-refractivity contribution in [2.45, 2.75) is 17.7 Å². The molecule has 4 nitrogen and oxygen atoms in total. The summed E-state index contributed by atoms with van der Waals surface area (Å²) in [4.78, 5) is 0. The van der Waals surface area contributed by atoms with E-state index in [1.54, 1.807) is 0 Å². The second-order valence-corrected chi connectivity index (χ2v) is 4.39. The van der Waals surface area contributed by atoms with E-state index in [0.717, 1.165) is 0 Å². The van der Waals surface area contributed by atoms with E-state index in [4.69, 9.17) is 33.7 Å². The second kappa shape index (κ2) is 4.12. The molecule has 2 heterocycles. The van der Waals surface area contributed by atoms with Gasteiger partial charge in [-0.25, -0.2) is 0 Å². The second-order valence-electron chi connectivity index (χ2n) is 3.58. The molecule has 7 heteroatoms. The number of aliphatic hydroxyl groups excluding tert-OH is 1. The van der Waals surface area contributed by atoms with Crippen molar-refractivity contribution in [2.24, 2.45) is 5.92 Å². The Morgan fingerprint density at radius 1 is 1.71 bits per heavy atom. The van der Waals surface area contributed by atoms with Crippen LogP contribution in [0.4, 0.5) is 0 Å². The Morgan fingerprint density at radius 2 is 2.50 bits per heavy atom. The summed E-state index contributed by atoms with van der Waals surface area (Å²) in [5, 5.41) is 9.31. The maximum Gasteiger partial charge on any atom is 0.141 e. The van der Waals surface area contributed by atoms with Gasteiger partial charge in [-0.2, -0.15) is 0 Å². The molecule has 76 valence electrons. The topological polar surface area (TPSA) is 47.9 Å². The molecule has 14 heavy (non-hydrogen) atoms. The average Bonchev–Trinajstić information content (AvgIpc) is 2.35. The molecule has 2 aliphatic rings. The van der Waals surface area contributed by atoms with Gasteiger partial charge in [-0.1, -0.05) is 0 Å². The molecule has 2 saturated heterocycles. The Bertz CT molecular complexity index is 244. The van der Waals surface area contributed by atoms with Crippen LogP contribution in [0.5, 0.6) is 0 Å². The molecule has 0 aromatic heterocycles. The molecule has 2 fully saturated rings. The summed E-state index contributed by atoms with van der Waals surface area (Å²) in [7, 11) is 6.17. The fourth-order valence-corrected chi connectivity index (χ4v) is 2.77. The number of hydrogen-bond acceptors (Lipinski definition) is 5. The van der Waals surface area contributed by atoms with Crippen molar-refractivity contribution < 1.29 is 19.1 Å². The molecule has 4 atom stereocenters. The van der Waals surface area contributed by atoms with Crippen LogP contribution in [0.2, 0.25) is 0 Å². The van der Waals surface area contributed by atoms with Gasteiger partial charge < -0.3 is 19.1 Å². The molecule has 0 aliphatic carbocycles. The number of ether oxygens (including phenoxy) is 2. The summed E-state index contributed by atoms with van der Waals surface area (Å²) in [5.74, 6) is -0.0358. The summed E-state index contributed by atoms with van der Waals surface area (Å²) in [6.07, 6.45) is -0.254. The van der Waals surface area contributed by atoms with Crippen LogP contribution in [0, 0.1) is 5.92 Å². The highest BCUT2D eigenvalue weighted by Crippen LogP contribution is 2.41. The highest BCUT2D eigenvalue weighted by atomic mass is 32.4. The molecule has 0 spiro atoms. The van der Waals surface area contributed by atoms with Crippen LogP contribution in [0.25, 0.3) is 0 Å². The molecule has 2 aliphatic heterocycles. The van der Waals surface area contributed by atoms with E-state index in [2.05, 4.69) is 0 Å². The lowest BCUT2D eigenvalue weighted by Gasteiger charge is -2.35. The zero-order valence-corrected chi connectivity index (χ0v) is 9.17. The van der Waals surface area contributed by atoms with Crippen molar-refractivity contribution in [3.8, 4) is 0 Å². The van der Waals surface area contributed by atoms with E-state index >= 15 is 0 Å². The lowest BCUT2D eigenvalue weighted by Crippen LogP contribution is -2.53. The quantitative estimate of drug-likeness (QED) is 0.529. The first-order valence-corrected chi connectivity index (χ1v) is 6.16. The third-order valence-electron chi connectivity index (χ3n) is 2.78. The summed E-state index contributed by atoms with van der Waals surface area (Å²) < 4.78 is 16.2. The average molecular weight is 232 g/mol. The van der Waals surface area contributed by atoms with Gasteiger partial charge in [0.1, 0.15) is 27.1 Å². The standard InChI is InChI=1S/C7H10BO4PS/c8-6-4-1-10-3-7(2-9,11-6)5(4)12-13-14/h4-6,9H,1-3H2/t4?,5-,6-,7+/m1/s1. The third kappa shape index (κ3) is 1.54. The van der Waals surface area contributed by atoms with Gasteiger partial charge in [0.2, 0.25) is 0 Å². The van der Waals surface area contributed by atoms with Gasteiger partial charge in [0.15, 0.2) is 0 Å². The van der Waals surface area contributed by atoms with Crippen LogP contribution in [-0.2, 0) is 25.8 Å². The highest BCUT2D eigenvalue weighted by molar-refractivity contribution is 7.94. The minimum absolute atomic E-state index is 0.0358. The first-order chi connectivity index (χ1) is 6.73. The number of aliphatic hydroxyl groups is 1. The van der Waals surface area contributed by atoms with Crippen LogP contribution in [0.1, 0.15) is 0 Å². The van der Waals surface area contributed by atoms with E-state index in [-0.39, 0.29) is 18.6 Å². The van der Waals surface area contributed by atoms with Gasteiger partial charge in [-0.3, -0.25) is 0 Å². The maximum atomic E-state index is 9.31. The number of rotatable bonds is 3. The van der Waals surface area contributed by atoms with E-state index in [9.17, 15) is 5.11 Å². The van der Waals surface area contributed by atoms with Crippen LogP contribution in [-0.4, -0.2) is 50.5 Å². The van der Waals surface area contributed by atoms with Crippen molar-refractivity contribution in [2.75, 3.05) is 19.8 Å². The summed E-state index contributed by atoms with van der Waals surface area (Å²) in [6.45, 7) is 0.647. The number of fused-ring (bicyclic) bond motifs is 2. The number of hydrogen-bond donors (Lipinski definition) is 1. The molecule has 1 unspecified atom stereocenters. The highest BCUT2D eigenvalue weighted by Gasteiger charge is 2.57. The SMILES string of the molecule is [B][C@@H]1O[C@@]2(CO)COCC1[C@H]2OP=S. The molecular weight excluding hydrogens is 222 g/mol. The monoisotopic (exact) mass is 232 g/mol. The lowest BCUT2D eigenvalue weighted by molar-refractivity contribution is -0.143. The maximum absolute atomic E-state index is 9.31. The summed E-state index contributed by atoms with van der Waals surface area (Å²) >= 11 is 4.73. The summed E-state index contributed by atoms with van der Waals surface area (Å²) in [5.41, 5.74) is -0.811. The molecule has 0 amide bonds. The molecule has 2 radical (unpaired) electrons. The third-order valence-corrected chi connectivity index (χ3v) is 3.35. The predicted octanol–water partition coefficient (Wildman–Crippen LogP) is -0.403. The zero-order valence-electron chi connectivity index (χ0n) is 7.46. The molecule has 0 aromatic carbocycles. The van der Waals surface area contributed by atoms with Crippen LogP contribution < -0.4 is 0 Å². The largest absolute Gasteiger partial charge is 0.393 e. The lowest BCUT2D eigenvalue weighted by atomic mass is 9.81. The Morgan fingerprint density at radius 3 is 3.14 bits per heavy atom. The minimum Gasteiger partial charge on any atom is -0.393 e. The Hall–Kier alpha value is 0.425. The smallest absolute Gasteiger partial charge is 0.141 e. The predicted molar refractivity (Wildman–Crippen MR) is 53.9 cm³/mol. The van der Waals surface area contributed by atoms with Gasteiger partial charge in [0.05, 0.1) is 19.8 Å². The fourth-order valence-electron chi connectivity index (χ4n) is 2.05. The van der Waals surface area contributed by atoms with Crippen LogP contribution in [0.3, 0.4) is 0 Å². The summed E-state index contributed by atoms with van der Waals surface area (Å²) in [6, 6.07) is -0.439. The van der Waals surface area contributed by atoms with E-state index < -0.39 is 11.6 Å². The Balaban J connectivity index is 2.23. The van der Waals surface area contributed by atoms with E-state index in [1.807, 2.05) is 0 Å². The van der Waals surface area contributed by atoms with Crippen LogP contribution >= 0.6 is 7.58 Å². The molecule has 0 saturated carbocycles. The van der Waals surface area contributed by atoms with Gasteiger partial charge in [-0.15, -0.1) is 0 Å². The van der Waals surface area contributed by atoms with Gasteiger partial charge in [0, 0.05) is 11.9 Å². The Labute approximate surface area is 90.2 Å². The van der Waals surface area contributed by atoms with Gasteiger partial charge in [-0.05, 0) is 11.8 Å². The molecule has 1 N–H and O–H groups in total. The normalized spacial score (nSPS) is 47.1. The first-order valence-electron chi connectivity index (χ1n) is 4.34. The molecule has 2 bridgehead atoms. The van der Waals surface area contributed by atoms with E-state index in [0.29, 0.717) is 20.8 Å². The van der Waals surface area contributed by atoms with E-state index in [1.165, 1.54) is 0 Å². The minimum atomic E-state index is -0.811. The van der Waals surface area contributed by atoms with Crippen molar-refractivity contribution >= 4 is 27.2 Å². The van der Waals surface area contributed by atoms with Gasteiger partial charge >= 0.3 is 0 Å². The molecular formula is C7H10BO4PS.